The molecule has 1 unspecified atom stereocenters. The van der Waals surface area contributed by atoms with E-state index in [2.05, 4.69) is 78.7 Å². The summed E-state index contributed by atoms with van der Waals surface area (Å²) in [5.41, 5.74) is 3.86. The third-order valence-electron chi connectivity index (χ3n) is 7.57. The zero-order valence-electron chi connectivity index (χ0n) is 28.5. The number of hydrogen-bond acceptors (Lipinski definition) is 5. The van der Waals surface area contributed by atoms with Crippen molar-refractivity contribution in [3.63, 3.8) is 0 Å². The molecular formula is C38H53BN2O5. The second-order valence-electron chi connectivity index (χ2n) is 13.3. The molecule has 4 aromatic carbocycles. The Kier molecular flexibility index (Phi) is 16.3. The minimum atomic E-state index is -2.33. The molecule has 0 aliphatic heterocycles. The summed E-state index contributed by atoms with van der Waals surface area (Å²) in [4.78, 5) is 0. The van der Waals surface area contributed by atoms with Crippen LogP contribution < -0.4 is 10.0 Å². The molecule has 0 saturated heterocycles. The van der Waals surface area contributed by atoms with E-state index in [0.29, 0.717) is 12.8 Å². The van der Waals surface area contributed by atoms with Crippen LogP contribution in [0.2, 0.25) is 0 Å². The topological polar surface area (TPSA) is 95.8 Å². The van der Waals surface area contributed by atoms with E-state index in [1.54, 1.807) is 0 Å². The highest BCUT2D eigenvalue weighted by Crippen LogP contribution is 2.44. The first-order valence-electron chi connectivity index (χ1n) is 15.8. The zero-order chi connectivity index (χ0) is 34.1. The predicted molar refractivity (Wildman–Crippen MR) is 184 cm³/mol. The number of nitrogens with zero attached hydrogens (tertiary/aromatic N) is 2. The lowest BCUT2D eigenvalue weighted by molar-refractivity contribution is -0.870. The van der Waals surface area contributed by atoms with Crippen LogP contribution in [0.1, 0.15) is 41.2 Å². The van der Waals surface area contributed by atoms with Gasteiger partial charge in [0.2, 0.25) is 0 Å². The van der Waals surface area contributed by atoms with Gasteiger partial charge in [0, 0.05) is 5.41 Å². The van der Waals surface area contributed by atoms with E-state index in [1.165, 1.54) is 0 Å². The number of quaternary nitrogens is 2. The van der Waals surface area contributed by atoms with Gasteiger partial charge in [-0.1, -0.05) is 121 Å². The van der Waals surface area contributed by atoms with E-state index in [9.17, 15) is 10.0 Å². The fraction of sp³-hybridized carbons (Fsp3) is 0.368. The molecule has 248 valence electrons. The average molecular weight is 629 g/mol. The summed E-state index contributed by atoms with van der Waals surface area (Å²) < 4.78 is 7.02. The molecule has 1 atom stereocenters. The quantitative estimate of drug-likeness (QED) is 0.134. The van der Waals surface area contributed by atoms with Gasteiger partial charge in [0.1, 0.15) is 13.1 Å². The highest BCUT2D eigenvalue weighted by molar-refractivity contribution is 6.28. The smallest absolute Gasteiger partial charge is 0.101 e. The van der Waals surface area contributed by atoms with E-state index < -0.39 is 18.8 Å². The van der Waals surface area contributed by atoms with Crippen molar-refractivity contribution in [3.8, 4) is 0 Å². The Hall–Kier alpha value is -3.34. The highest BCUT2D eigenvalue weighted by atomic mass is 16.6. The van der Waals surface area contributed by atoms with E-state index in [4.69, 9.17) is 14.9 Å². The van der Waals surface area contributed by atoms with Gasteiger partial charge in [0.15, 0.2) is 0 Å². The maximum absolute atomic E-state index is 11.5. The Morgan fingerprint density at radius 3 is 1.17 bits per heavy atom. The summed E-state index contributed by atoms with van der Waals surface area (Å²) in [5.74, 6) is 0. The Morgan fingerprint density at radius 2 is 0.913 bits per heavy atom. The molecule has 46 heavy (non-hydrogen) atoms. The number of likely N-dealkylation sites (N-methyl/N-ethyl adjacent to an activating group) is 2. The molecule has 0 heterocycles. The van der Waals surface area contributed by atoms with Crippen LogP contribution >= 0.6 is 0 Å². The lowest BCUT2D eigenvalue weighted by Gasteiger charge is -2.39. The molecule has 0 fully saturated rings. The van der Waals surface area contributed by atoms with Crippen LogP contribution in [-0.4, -0.2) is 95.1 Å². The SMILES string of the molecule is C[N+](C)(C)CCO.C[N+](C)(C)CCO.[O-]B([O-])OC(CCC(c1ccccc1)(c1ccccc1)c1ccccc1)c1ccccc1. The Morgan fingerprint density at radius 1 is 0.587 bits per heavy atom. The van der Waals surface area contributed by atoms with Crippen LogP contribution in [0.4, 0.5) is 0 Å². The minimum Gasteiger partial charge on any atom is -0.871 e. The van der Waals surface area contributed by atoms with Crippen molar-refractivity contribution in [2.24, 2.45) is 0 Å². The summed E-state index contributed by atoms with van der Waals surface area (Å²) >= 11 is 0. The summed E-state index contributed by atoms with van der Waals surface area (Å²) in [6, 6.07) is 40.7. The highest BCUT2D eigenvalue weighted by Gasteiger charge is 2.36. The van der Waals surface area contributed by atoms with Crippen molar-refractivity contribution in [1.29, 1.82) is 0 Å². The molecule has 0 aliphatic rings. The monoisotopic (exact) mass is 628 g/mol. The molecule has 8 heteroatoms. The molecule has 0 amide bonds. The van der Waals surface area contributed by atoms with Crippen molar-refractivity contribution in [2.45, 2.75) is 24.4 Å². The summed E-state index contributed by atoms with van der Waals surface area (Å²) in [6.45, 7) is 2.23. The number of rotatable bonds is 13. The molecule has 2 N–H and O–H groups in total. The summed E-state index contributed by atoms with van der Waals surface area (Å²) in [6.07, 6.45) is 0.604. The first kappa shape index (κ1) is 38.8. The van der Waals surface area contributed by atoms with E-state index in [0.717, 1.165) is 44.3 Å². The van der Waals surface area contributed by atoms with Gasteiger partial charge in [-0.15, -0.1) is 0 Å². The fourth-order valence-corrected chi connectivity index (χ4v) is 5.16. The predicted octanol–water partition coefficient (Wildman–Crippen LogP) is 3.63. The summed E-state index contributed by atoms with van der Waals surface area (Å²) in [7, 11) is 9.98. The molecule has 0 bridgehead atoms. The summed E-state index contributed by atoms with van der Waals surface area (Å²) in [5, 5.41) is 39.7. The van der Waals surface area contributed by atoms with Crippen molar-refractivity contribution in [1.82, 2.24) is 0 Å². The van der Waals surface area contributed by atoms with Gasteiger partial charge in [0.25, 0.3) is 0 Å². The Labute approximate surface area is 277 Å². The van der Waals surface area contributed by atoms with E-state index >= 15 is 0 Å². The van der Waals surface area contributed by atoms with E-state index in [-0.39, 0.29) is 13.2 Å². The molecule has 0 aliphatic carbocycles. The number of benzene rings is 4. The second kappa shape index (κ2) is 19.4. The fourth-order valence-electron chi connectivity index (χ4n) is 5.16. The first-order valence-corrected chi connectivity index (χ1v) is 15.8. The maximum Gasteiger partial charge on any atom is 0.101 e. The minimum absolute atomic E-state index is 0.281. The van der Waals surface area contributed by atoms with Crippen LogP contribution in [0.5, 0.6) is 0 Å². The second-order valence-corrected chi connectivity index (χ2v) is 13.3. The lowest BCUT2D eigenvalue weighted by atomic mass is 9.66. The van der Waals surface area contributed by atoms with Gasteiger partial charge in [-0.3, -0.25) is 0 Å². The van der Waals surface area contributed by atoms with Gasteiger partial charge in [-0.2, -0.15) is 0 Å². The third-order valence-corrected chi connectivity index (χ3v) is 7.57. The maximum atomic E-state index is 11.5. The lowest BCUT2D eigenvalue weighted by Crippen LogP contribution is -2.48. The standard InChI is InChI=1S/C28H25BO3.2C5H14NO/c30-29(31)32-27(23-13-5-1-6-14-23)21-22-28(24-15-7-2-8-16-24,25-17-9-3-10-18-25)26-19-11-4-12-20-26;2*1-6(2,3)4-5-7/h1-20,27H,21-22H2;2*7H,4-5H2,1-3H3/q-2;2*+1. The van der Waals surface area contributed by atoms with Gasteiger partial charge in [-0.25, -0.2) is 0 Å². The van der Waals surface area contributed by atoms with Gasteiger partial charge in [-0.05, 0) is 35.1 Å². The third kappa shape index (κ3) is 13.6. The normalized spacial score (nSPS) is 12.2. The van der Waals surface area contributed by atoms with Crippen LogP contribution in [0.3, 0.4) is 0 Å². The van der Waals surface area contributed by atoms with Crippen molar-refractivity contribution in [2.75, 3.05) is 68.6 Å². The Balaban J connectivity index is 0.000000440. The molecule has 0 aromatic heterocycles. The molecule has 0 spiro atoms. The van der Waals surface area contributed by atoms with Gasteiger partial charge < -0.3 is 33.9 Å². The van der Waals surface area contributed by atoms with Crippen LogP contribution in [0.15, 0.2) is 121 Å². The molecular weight excluding hydrogens is 575 g/mol. The molecule has 0 saturated carbocycles. The molecule has 4 aromatic rings. The average Bonchev–Trinajstić information content (AvgIpc) is 3.02. The van der Waals surface area contributed by atoms with Gasteiger partial charge >= 0.3 is 0 Å². The van der Waals surface area contributed by atoms with Gasteiger partial charge in [0.05, 0.1) is 68.9 Å². The number of aliphatic hydroxyl groups is 2. The number of hydrogen-bond donors (Lipinski definition) is 2. The molecule has 0 radical (unpaired) electrons. The van der Waals surface area contributed by atoms with Crippen molar-refractivity contribution in [3.05, 3.63) is 144 Å². The van der Waals surface area contributed by atoms with Crippen molar-refractivity contribution >= 4 is 7.32 Å². The molecule has 7 nitrogen and oxygen atoms in total. The van der Waals surface area contributed by atoms with Crippen LogP contribution in [-0.2, 0) is 10.1 Å². The first-order chi connectivity index (χ1) is 21.8. The van der Waals surface area contributed by atoms with Crippen LogP contribution in [0, 0.1) is 0 Å². The largest absolute Gasteiger partial charge is 0.871 e. The number of aliphatic hydroxyl groups excluding tert-OH is 2. The zero-order valence-corrected chi connectivity index (χ0v) is 28.5. The van der Waals surface area contributed by atoms with E-state index in [1.807, 2.05) is 84.9 Å². The van der Waals surface area contributed by atoms with Crippen molar-refractivity contribution < 1.29 is 33.9 Å². The van der Waals surface area contributed by atoms with Crippen LogP contribution in [0.25, 0.3) is 0 Å². The molecule has 4 rings (SSSR count). The Bertz CT molecular complexity index is 1220.